The number of ether oxygens (including phenoxy) is 1. The van der Waals surface area contributed by atoms with Crippen LogP contribution >= 0.6 is 15.9 Å². The van der Waals surface area contributed by atoms with Crippen molar-refractivity contribution in [2.75, 3.05) is 5.32 Å². The first-order chi connectivity index (χ1) is 19.0. The number of allylic oxidation sites excluding steroid dienone is 1. The van der Waals surface area contributed by atoms with Crippen LogP contribution in [0, 0.1) is 0 Å². The highest BCUT2D eigenvalue weighted by Crippen LogP contribution is 2.38. The number of hydrogen-bond acceptors (Lipinski definition) is 5. The van der Waals surface area contributed by atoms with Gasteiger partial charge in [0.25, 0.3) is 11.8 Å². The van der Waals surface area contributed by atoms with Gasteiger partial charge in [0.1, 0.15) is 18.1 Å². The summed E-state index contributed by atoms with van der Waals surface area (Å²) in [4.78, 5) is 27.4. The van der Waals surface area contributed by atoms with E-state index in [-0.39, 0.29) is 17.9 Å². The molecule has 0 saturated heterocycles. The van der Waals surface area contributed by atoms with Gasteiger partial charge >= 0.3 is 0 Å². The van der Waals surface area contributed by atoms with Crippen molar-refractivity contribution in [2.24, 2.45) is 0 Å². The number of nitrogens with one attached hydrogen (secondary N) is 2. The molecule has 2 amide bonds. The highest BCUT2D eigenvalue weighted by molar-refractivity contribution is 9.10. The molecule has 0 radical (unpaired) electrons. The van der Waals surface area contributed by atoms with Crippen molar-refractivity contribution in [3.8, 4) is 11.5 Å². The average molecular weight is 584 g/mol. The molecule has 8 heteroatoms. The first-order valence-corrected chi connectivity index (χ1v) is 13.1. The van der Waals surface area contributed by atoms with Gasteiger partial charge in [-0.3, -0.25) is 15.0 Å². The predicted molar refractivity (Wildman–Crippen MR) is 153 cm³/mol. The van der Waals surface area contributed by atoms with Crippen LogP contribution in [0.25, 0.3) is 0 Å². The summed E-state index contributed by atoms with van der Waals surface area (Å²) in [6.45, 7) is 4.04. The Hall–Kier alpha value is -4.56. The average Bonchev–Trinajstić information content (AvgIpc) is 2.95. The summed E-state index contributed by atoms with van der Waals surface area (Å²) in [5, 5.41) is 15.6. The highest BCUT2D eigenvalue weighted by Gasteiger charge is 2.36. The number of para-hydroxylation sites is 2. The van der Waals surface area contributed by atoms with Gasteiger partial charge in [0.15, 0.2) is 6.17 Å². The Kier molecular flexibility index (Phi) is 7.65. The van der Waals surface area contributed by atoms with Gasteiger partial charge in [0, 0.05) is 15.7 Å². The number of hydrazine groups is 1. The third kappa shape index (κ3) is 5.51. The van der Waals surface area contributed by atoms with Crippen LogP contribution in [0.3, 0.4) is 0 Å². The van der Waals surface area contributed by atoms with Crippen molar-refractivity contribution in [1.29, 1.82) is 0 Å². The van der Waals surface area contributed by atoms with E-state index in [1.807, 2.05) is 36.4 Å². The van der Waals surface area contributed by atoms with Crippen LogP contribution in [0.5, 0.6) is 11.5 Å². The molecule has 5 rings (SSSR count). The number of hydrogen-bond donors (Lipinski definition) is 3. The molecule has 1 aliphatic rings. The summed E-state index contributed by atoms with van der Waals surface area (Å²) in [5.41, 5.74) is 6.04. The zero-order valence-electron chi connectivity index (χ0n) is 20.9. The quantitative estimate of drug-likeness (QED) is 0.209. The van der Waals surface area contributed by atoms with Gasteiger partial charge in [-0.1, -0.05) is 82.7 Å². The van der Waals surface area contributed by atoms with E-state index in [9.17, 15) is 14.7 Å². The topological polar surface area (TPSA) is 90.9 Å². The van der Waals surface area contributed by atoms with E-state index in [4.69, 9.17) is 4.74 Å². The molecule has 0 bridgehead atoms. The fourth-order valence-electron chi connectivity index (χ4n) is 4.45. The third-order valence-corrected chi connectivity index (χ3v) is 6.87. The Balaban J connectivity index is 1.49. The lowest BCUT2D eigenvalue weighted by molar-refractivity contribution is 0.0487. The van der Waals surface area contributed by atoms with E-state index in [1.165, 1.54) is 5.01 Å². The number of phenolic OH excluding ortho intramolecular Hbond substituents is 1. The van der Waals surface area contributed by atoms with Crippen molar-refractivity contribution < 1.29 is 19.4 Å². The molecule has 1 heterocycles. The molecule has 196 valence electrons. The second kappa shape index (κ2) is 11.4. The Morgan fingerprint density at radius 2 is 1.82 bits per heavy atom. The first-order valence-electron chi connectivity index (χ1n) is 12.3. The maximum atomic E-state index is 13.8. The smallest absolute Gasteiger partial charge is 0.276 e. The number of carbonyl (C=O) groups excluding carboxylic acids is 2. The molecule has 1 atom stereocenters. The predicted octanol–water partition coefficient (Wildman–Crippen LogP) is 6.37. The number of anilines is 1. The molecule has 4 aromatic carbocycles. The second-order valence-electron chi connectivity index (χ2n) is 8.97. The van der Waals surface area contributed by atoms with Gasteiger partial charge in [0.05, 0.1) is 11.1 Å². The molecule has 39 heavy (non-hydrogen) atoms. The standard InChI is InChI=1S/C31H26BrN3O4/c1-2-9-21-12-8-14-24(28(21)36)29-33-26-17-16-22(32)18-25(26)31(38)35(29)34-30(37)23-13-6-7-15-27(23)39-19-20-10-4-3-5-11-20/h2-8,10-18,29,33,36H,1,9,19H2,(H,34,37)/t29-/m0/s1. The summed E-state index contributed by atoms with van der Waals surface area (Å²) in [6, 6.07) is 27.1. The normalized spacial score (nSPS) is 14.2. The Bertz CT molecular complexity index is 1540. The number of aromatic hydroxyl groups is 1. The van der Waals surface area contributed by atoms with Crippen LogP contribution in [-0.2, 0) is 13.0 Å². The summed E-state index contributed by atoms with van der Waals surface area (Å²) in [6.07, 6.45) is 1.26. The lowest BCUT2D eigenvalue weighted by atomic mass is 10.0. The van der Waals surface area contributed by atoms with E-state index in [1.54, 1.807) is 60.7 Å². The van der Waals surface area contributed by atoms with Crippen LogP contribution in [0.15, 0.2) is 108 Å². The number of phenols is 1. The number of carbonyl (C=O) groups is 2. The van der Waals surface area contributed by atoms with Crippen LogP contribution in [0.1, 0.15) is 43.6 Å². The highest BCUT2D eigenvalue weighted by atomic mass is 79.9. The molecular formula is C31H26BrN3O4. The SMILES string of the molecule is C=CCc1cccc([C@H]2Nc3ccc(Br)cc3C(=O)N2NC(=O)c2ccccc2OCc2ccccc2)c1O. The van der Waals surface area contributed by atoms with Crippen molar-refractivity contribution in [2.45, 2.75) is 19.2 Å². The minimum absolute atomic E-state index is 0.0223. The second-order valence-corrected chi connectivity index (χ2v) is 9.89. The van der Waals surface area contributed by atoms with E-state index >= 15 is 0 Å². The molecule has 0 spiro atoms. The fourth-order valence-corrected chi connectivity index (χ4v) is 4.81. The maximum absolute atomic E-state index is 13.8. The molecule has 7 nitrogen and oxygen atoms in total. The molecule has 3 N–H and O–H groups in total. The zero-order chi connectivity index (χ0) is 27.4. The van der Waals surface area contributed by atoms with Crippen molar-refractivity contribution in [3.05, 3.63) is 136 Å². The number of nitrogens with zero attached hydrogens (tertiary/aromatic N) is 1. The van der Waals surface area contributed by atoms with Crippen molar-refractivity contribution in [3.63, 3.8) is 0 Å². The minimum atomic E-state index is -0.878. The van der Waals surface area contributed by atoms with Crippen LogP contribution in [0.2, 0.25) is 0 Å². The van der Waals surface area contributed by atoms with Gasteiger partial charge < -0.3 is 15.2 Å². The summed E-state index contributed by atoms with van der Waals surface area (Å²) < 4.78 is 6.69. The lowest BCUT2D eigenvalue weighted by Crippen LogP contribution is -2.53. The van der Waals surface area contributed by atoms with Crippen molar-refractivity contribution in [1.82, 2.24) is 10.4 Å². The largest absolute Gasteiger partial charge is 0.507 e. The van der Waals surface area contributed by atoms with Crippen LogP contribution in [-0.4, -0.2) is 21.9 Å². The van der Waals surface area contributed by atoms with E-state index in [0.717, 1.165) is 10.0 Å². The lowest BCUT2D eigenvalue weighted by Gasteiger charge is -2.38. The Labute approximate surface area is 234 Å². The molecule has 0 saturated carbocycles. The van der Waals surface area contributed by atoms with E-state index in [0.29, 0.717) is 34.5 Å². The van der Waals surface area contributed by atoms with Gasteiger partial charge in [0.2, 0.25) is 0 Å². The number of amides is 2. The molecule has 0 fully saturated rings. The summed E-state index contributed by atoms with van der Waals surface area (Å²) in [7, 11) is 0. The van der Waals surface area contributed by atoms with Gasteiger partial charge in [-0.05, 0) is 47.9 Å². The van der Waals surface area contributed by atoms with E-state index < -0.39 is 18.0 Å². The number of benzene rings is 4. The first kappa shape index (κ1) is 26.1. The van der Waals surface area contributed by atoms with Crippen LogP contribution < -0.4 is 15.5 Å². The molecule has 0 aliphatic carbocycles. The van der Waals surface area contributed by atoms with Crippen molar-refractivity contribution >= 4 is 33.4 Å². The zero-order valence-corrected chi connectivity index (χ0v) is 22.5. The summed E-state index contributed by atoms with van der Waals surface area (Å²) in [5.74, 6) is -0.556. The number of rotatable bonds is 8. The summed E-state index contributed by atoms with van der Waals surface area (Å²) >= 11 is 3.42. The maximum Gasteiger partial charge on any atom is 0.276 e. The monoisotopic (exact) mass is 583 g/mol. The minimum Gasteiger partial charge on any atom is -0.507 e. The Morgan fingerprint density at radius 1 is 1.05 bits per heavy atom. The van der Waals surface area contributed by atoms with Gasteiger partial charge in [-0.15, -0.1) is 6.58 Å². The number of fused-ring (bicyclic) bond motifs is 1. The van der Waals surface area contributed by atoms with E-state index in [2.05, 4.69) is 33.3 Å². The van der Waals surface area contributed by atoms with Crippen LogP contribution in [0.4, 0.5) is 5.69 Å². The molecule has 4 aromatic rings. The molecule has 0 unspecified atom stereocenters. The molecular weight excluding hydrogens is 558 g/mol. The van der Waals surface area contributed by atoms with Gasteiger partial charge in [-0.2, -0.15) is 0 Å². The fraction of sp³-hybridized carbons (Fsp3) is 0.0968. The Morgan fingerprint density at radius 3 is 2.62 bits per heavy atom. The molecule has 0 aromatic heterocycles. The molecule has 1 aliphatic heterocycles. The number of halogens is 1. The third-order valence-electron chi connectivity index (χ3n) is 6.38. The van der Waals surface area contributed by atoms with Gasteiger partial charge in [-0.25, -0.2) is 5.01 Å².